The zero-order chi connectivity index (χ0) is 23.5. The van der Waals surface area contributed by atoms with Crippen LogP contribution in [0.1, 0.15) is 40.1 Å². The third kappa shape index (κ3) is 4.65. The molecule has 0 aromatic carbocycles. The highest BCUT2D eigenvalue weighted by molar-refractivity contribution is 7.14. The smallest absolute Gasteiger partial charge is 0.274 e. The number of aromatic nitrogens is 5. The maximum absolute atomic E-state index is 13.4. The summed E-state index contributed by atoms with van der Waals surface area (Å²) in [6.07, 6.45) is 9.90. The Hall–Kier alpha value is -4.11. The maximum atomic E-state index is 13.4. The molecule has 170 valence electrons. The average molecular weight is 473 g/mol. The molecule has 0 unspecified atom stereocenters. The summed E-state index contributed by atoms with van der Waals surface area (Å²) in [4.78, 5) is 25.5. The number of imidazole rings is 1. The number of nitrogens with zero attached hydrogens (tertiary/aromatic N) is 5. The number of nitrogens with one attached hydrogen (secondary N) is 1. The van der Waals surface area contributed by atoms with Gasteiger partial charge in [-0.2, -0.15) is 4.39 Å². The minimum Gasteiger partial charge on any atom is -0.339 e. The summed E-state index contributed by atoms with van der Waals surface area (Å²) in [7, 11) is 0. The van der Waals surface area contributed by atoms with E-state index in [1.165, 1.54) is 29.3 Å². The van der Waals surface area contributed by atoms with Gasteiger partial charge in [-0.1, -0.05) is 13.0 Å². The minimum absolute atomic E-state index is 0.281. The van der Waals surface area contributed by atoms with Gasteiger partial charge in [0.2, 0.25) is 5.95 Å². The van der Waals surface area contributed by atoms with Gasteiger partial charge in [0.15, 0.2) is 5.13 Å². The van der Waals surface area contributed by atoms with Crippen LogP contribution < -0.4 is 5.32 Å². The Labute approximate surface area is 199 Å². The SMILES string of the molecule is CCc1cccc2nc(C=Cc3csc(NC(=O)c4cccn4Cc4ccnc(F)c4)n3)cn12. The Bertz CT molecular complexity index is 1500. The summed E-state index contributed by atoms with van der Waals surface area (Å²) in [6, 6.07) is 12.6. The molecule has 5 aromatic rings. The Morgan fingerprint density at radius 1 is 1.15 bits per heavy atom. The van der Waals surface area contributed by atoms with E-state index >= 15 is 0 Å². The van der Waals surface area contributed by atoms with Crippen molar-refractivity contribution in [2.75, 3.05) is 5.32 Å². The fourth-order valence-corrected chi connectivity index (χ4v) is 4.38. The van der Waals surface area contributed by atoms with Gasteiger partial charge in [-0.3, -0.25) is 10.1 Å². The molecule has 9 heteroatoms. The van der Waals surface area contributed by atoms with Gasteiger partial charge in [-0.15, -0.1) is 11.3 Å². The molecule has 0 atom stereocenters. The van der Waals surface area contributed by atoms with Crippen LogP contribution in [0.15, 0.2) is 66.4 Å². The van der Waals surface area contributed by atoms with E-state index in [9.17, 15) is 9.18 Å². The molecule has 34 heavy (non-hydrogen) atoms. The fourth-order valence-electron chi connectivity index (χ4n) is 3.70. The summed E-state index contributed by atoms with van der Waals surface area (Å²) in [5.41, 5.74) is 4.85. The van der Waals surface area contributed by atoms with Gasteiger partial charge in [0.25, 0.3) is 5.91 Å². The van der Waals surface area contributed by atoms with Crippen molar-refractivity contribution < 1.29 is 9.18 Å². The minimum atomic E-state index is -0.548. The summed E-state index contributed by atoms with van der Waals surface area (Å²) < 4.78 is 17.2. The van der Waals surface area contributed by atoms with Crippen molar-refractivity contribution in [3.8, 4) is 0 Å². The monoisotopic (exact) mass is 472 g/mol. The Morgan fingerprint density at radius 3 is 2.88 bits per heavy atom. The molecule has 1 amide bonds. The molecule has 5 heterocycles. The van der Waals surface area contributed by atoms with Gasteiger partial charge in [0, 0.05) is 36.2 Å². The third-order valence-corrected chi connectivity index (χ3v) is 6.11. The van der Waals surface area contributed by atoms with Gasteiger partial charge >= 0.3 is 0 Å². The van der Waals surface area contributed by atoms with Gasteiger partial charge < -0.3 is 8.97 Å². The van der Waals surface area contributed by atoms with E-state index in [2.05, 4.69) is 37.7 Å². The van der Waals surface area contributed by atoms with Crippen LogP contribution in [0.3, 0.4) is 0 Å². The first-order chi connectivity index (χ1) is 16.6. The number of amides is 1. The first kappa shape index (κ1) is 21.7. The first-order valence-electron chi connectivity index (χ1n) is 10.8. The number of rotatable bonds is 7. The topological polar surface area (TPSA) is 77.1 Å². The number of anilines is 1. The number of hydrogen-bond donors (Lipinski definition) is 1. The van der Waals surface area contributed by atoms with E-state index in [1.807, 2.05) is 35.9 Å². The lowest BCUT2D eigenvalue weighted by molar-refractivity contribution is 0.101. The third-order valence-electron chi connectivity index (χ3n) is 5.33. The normalized spacial score (nSPS) is 11.5. The Morgan fingerprint density at radius 2 is 2.03 bits per heavy atom. The highest BCUT2D eigenvalue weighted by atomic mass is 32.1. The standard InChI is InChI=1S/C25H21FN6OS/c1-2-20-5-3-7-23-28-18(15-32(20)23)8-9-19-16-34-25(29-19)30-24(33)21-6-4-12-31(21)14-17-10-11-27-22(26)13-17/h3-13,15-16H,2,14H2,1H3,(H,29,30,33). The molecule has 0 aliphatic heterocycles. The number of carbonyl (C=O) groups excluding carboxylic acids is 1. The van der Waals surface area contributed by atoms with E-state index < -0.39 is 5.95 Å². The summed E-state index contributed by atoms with van der Waals surface area (Å²) in [5.74, 6) is -0.828. The van der Waals surface area contributed by atoms with Crippen molar-refractivity contribution in [1.29, 1.82) is 0 Å². The number of hydrogen-bond acceptors (Lipinski definition) is 5. The molecule has 0 aliphatic rings. The predicted molar refractivity (Wildman–Crippen MR) is 131 cm³/mol. The van der Waals surface area contributed by atoms with Crippen molar-refractivity contribution in [1.82, 2.24) is 23.9 Å². The zero-order valence-corrected chi connectivity index (χ0v) is 19.2. The Kier molecular flexibility index (Phi) is 6.01. The number of fused-ring (bicyclic) bond motifs is 1. The molecular weight excluding hydrogens is 451 g/mol. The first-order valence-corrected chi connectivity index (χ1v) is 11.6. The van der Waals surface area contributed by atoms with Crippen molar-refractivity contribution in [2.45, 2.75) is 19.9 Å². The molecule has 5 rings (SSSR count). The summed E-state index contributed by atoms with van der Waals surface area (Å²) in [5, 5.41) is 5.21. The van der Waals surface area contributed by atoms with Crippen molar-refractivity contribution in [3.63, 3.8) is 0 Å². The lowest BCUT2D eigenvalue weighted by Gasteiger charge is -2.09. The van der Waals surface area contributed by atoms with Crippen molar-refractivity contribution in [2.24, 2.45) is 0 Å². The van der Waals surface area contributed by atoms with E-state index in [0.29, 0.717) is 17.4 Å². The van der Waals surface area contributed by atoms with Crippen LogP contribution in [-0.4, -0.2) is 29.8 Å². The van der Waals surface area contributed by atoms with Crippen LogP contribution in [-0.2, 0) is 13.0 Å². The van der Waals surface area contributed by atoms with Crippen molar-refractivity contribution in [3.05, 3.63) is 101 Å². The quantitative estimate of drug-likeness (QED) is 0.332. The van der Waals surface area contributed by atoms with E-state index in [4.69, 9.17) is 0 Å². The molecule has 0 aliphatic carbocycles. The molecule has 0 bridgehead atoms. The molecule has 7 nitrogen and oxygen atoms in total. The van der Waals surface area contributed by atoms with Gasteiger partial charge in [-0.05, 0) is 60.5 Å². The van der Waals surface area contributed by atoms with Crippen LogP contribution in [0.5, 0.6) is 0 Å². The molecule has 0 fully saturated rings. The Balaban J connectivity index is 1.27. The number of halogens is 1. The molecule has 0 saturated carbocycles. The van der Waals surface area contributed by atoms with Crippen molar-refractivity contribution >= 4 is 40.2 Å². The lowest BCUT2D eigenvalue weighted by Crippen LogP contribution is -2.17. The van der Waals surface area contributed by atoms with Crippen LogP contribution in [0.4, 0.5) is 9.52 Å². The average Bonchev–Trinajstić information content (AvgIpc) is 3.57. The second-order valence-electron chi connectivity index (χ2n) is 7.64. The number of thiazole rings is 1. The molecule has 5 aromatic heterocycles. The van der Waals surface area contributed by atoms with E-state index in [0.717, 1.165) is 29.0 Å². The predicted octanol–water partition coefficient (Wildman–Crippen LogP) is 5.16. The molecule has 0 saturated heterocycles. The number of aryl methyl sites for hydroxylation is 1. The zero-order valence-electron chi connectivity index (χ0n) is 18.4. The summed E-state index contributed by atoms with van der Waals surface area (Å²) in [6.45, 7) is 2.48. The van der Waals surface area contributed by atoms with Crippen LogP contribution >= 0.6 is 11.3 Å². The molecule has 0 spiro atoms. The molecule has 1 N–H and O–H groups in total. The number of carbonyl (C=O) groups is 1. The lowest BCUT2D eigenvalue weighted by atomic mass is 10.2. The highest BCUT2D eigenvalue weighted by Crippen LogP contribution is 2.19. The fraction of sp³-hybridized carbons (Fsp3) is 0.120. The van der Waals surface area contributed by atoms with Gasteiger partial charge in [-0.25, -0.2) is 15.0 Å². The van der Waals surface area contributed by atoms with E-state index in [1.54, 1.807) is 29.0 Å². The highest BCUT2D eigenvalue weighted by Gasteiger charge is 2.13. The second-order valence-corrected chi connectivity index (χ2v) is 8.50. The second kappa shape index (κ2) is 9.40. The van der Waals surface area contributed by atoms with Crippen LogP contribution in [0.2, 0.25) is 0 Å². The maximum Gasteiger partial charge on any atom is 0.274 e. The molecule has 0 radical (unpaired) electrons. The van der Waals surface area contributed by atoms with Crippen LogP contribution in [0.25, 0.3) is 17.8 Å². The van der Waals surface area contributed by atoms with Gasteiger partial charge in [0.05, 0.1) is 11.4 Å². The molecular formula is C25H21FN6OS. The largest absolute Gasteiger partial charge is 0.339 e. The van der Waals surface area contributed by atoms with Crippen LogP contribution in [0, 0.1) is 5.95 Å². The van der Waals surface area contributed by atoms with Gasteiger partial charge in [0.1, 0.15) is 11.3 Å². The van der Waals surface area contributed by atoms with E-state index in [-0.39, 0.29) is 5.91 Å². The number of pyridine rings is 2. The summed E-state index contributed by atoms with van der Waals surface area (Å²) >= 11 is 1.35.